The third-order valence-electron chi connectivity index (χ3n) is 2.57. The molecule has 1 unspecified atom stereocenters. The molecule has 0 fully saturated rings. The van der Waals surface area contributed by atoms with Crippen molar-refractivity contribution >= 4 is 28.8 Å². The maximum absolute atomic E-state index is 12.2. The SMILES string of the molecule is C=CCN(Cc1ccc(Cl)s1)C(=O)C(C)CNC. The zero-order chi connectivity index (χ0) is 13.5. The van der Waals surface area contributed by atoms with Crippen molar-refractivity contribution in [2.45, 2.75) is 13.5 Å². The van der Waals surface area contributed by atoms with E-state index in [4.69, 9.17) is 11.6 Å². The lowest BCUT2D eigenvalue weighted by Gasteiger charge is -2.24. The van der Waals surface area contributed by atoms with Gasteiger partial charge in [0.05, 0.1) is 10.9 Å². The van der Waals surface area contributed by atoms with Gasteiger partial charge < -0.3 is 10.2 Å². The van der Waals surface area contributed by atoms with Gasteiger partial charge in [-0.15, -0.1) is 17.9 Å². The number of hydrogen-bond donors (Lipinski definition) is 1. The van der Waals surface area contributed by atoms with Gasteiger partial charge in [0, 0.05) is 23.9 Å². The van der Waals surface area contributed by atoms with Crippen LogP contribution in [0, 0.1) is 5.92 Å². The van der Waals surface area contributed by atoms with Crippen LogP contribution in [0.5, 0.6) is 0 Å². The van der Waals surface area contributed by atoms with Gasteiger partial charge in [-0.1, -0.05) is 24.6 Å². The van der Waals surface area contributed by atoms with Crippen LogP contribution in [0.3, 0.4) is 0 Å². The predicted octanol–water partition coefficient (Wildman–Crippen LogP) is 2.77. The maximum Gasteiger partial charge on any atom is 0.227 e. The van der Waals surface area contributed by atoms with Crippen LogP contribution in [0.4, 0.5) is 0 Å². The topological polar surface area (TPSA) is 32.3 Å². The van der Waals surface area contributed by atoms with E-state index in [0.717, 1.165) is 9.21 Å². The molecule has 1 N–H and O–H groups in total. The van der Waals surface area contributed by atoms with Crippen LogP contribution in [-0.2, 0) is 11.3 Å². The molecule has 0 saturated heterocycles. The van der Waals surface area contributed by atoms with Crippen molar-refractivity contribution in [1.29, 1.82) is 0 Å². The Balaban J connectivity index is 2.69. The monoisotopic (exact) mass is 286 g/mol. The molecule has 1 rings (SSSR count). The Morgan fingerprint density at radius 2 is 2.39 bits per heavy atom. The Kier molecular flexibility index (Phi) is 6.39. The molecule has 1 amide bonds. The first-order chi connectivity index (χ1) is 8.58. The summed E-state index contributed by atoms with van der Waals surface area (Å²) in [7, 11) is 1.85. The molecule has 0 spiro atoms. The van der Waals surface area contributed by atoms with Crippen LogP contribution in [0.25, 0.3) is 0 Å². The molecule has 3 nitrogen and oxygen atoms in total. The van der Waals surface area contributed by atoms with Crippen molar-refractivity contribution in [2.24, 2.45) is 5.92 Å². The lowest BCUT2D eigenvalue weighted by Crippen LogP contribution is -2.38. The summed E-state index contributed by atoms with van der Waals surface area (Å²) in [5.41, 5.74) is 0. The van der Waals surface area contributed by atoms with Crippen LogP contribution in [0.2, 0.25) is 4.34 Å². The quantitative estimate of drug-likeness (QED) is 0.782. The van der Waals surface area contributed by atoms with Crippen LogP contribution >= 0.6 is 22.9 Å². The van der Waals surface area contributed by atoms with Crippen LogP contribution in [-0.4, -0.2) is 30.9 Å². The first-order valence-electron chi connectivity index (χ1n) is 5.87. The van der Waals surface area contributed by atoms with Gasteiger partial charge in [0.1, 0.15) is 0 Å². The van der Waals surface area contributed by atoms with Crippen molar-refractivity contribution < 1.29 is 4.79 Å². The van der Waals surface area contributed by atoms with Crippen molar-refractivity contribution in [1.82, 2.24) is 10.2 Å². The number of amides is 1. The highest BCUT2D eigenvalue weighted by molar-refractivity contribution is 7.16. The Bertz CT molecular complexity index is 405. The molecule has 0 bridgehead atoms. The lowest BCUT2D eigenvalue weighted by molar-refractivity contribution is -0.134. The normalized spacial score (nSPS) is 12.2. The largest absolute Gasteiger partial charge is 0.334 e. The molecule has 0 saturated carbocycles. The summed E-state index contributed by atoms with van der Waals surface area (Å²) < 4.78 is 0.749. The molecule has 18 heavy (non-hydrogen) atoms. The summed E-state index contributed by atoms with van der Waals surface area (Å²) >= 11 is 7.40. The molecule has 0 aliphatic heterocycles. The number of carbonyl (C=O) groups is 1. The smallest absolute Gasteiger partial charge is 0.227 e. The first kappa shape index (κ1) is 15.2. The van der Waals surface area contributed by atoms with E-state index in [1.165, 1.54) is 11.3 Å². The van der Waals surface area contributed by atoms with Gasteiger partial charge in [0.2, 0.25) is 5.91 Å². The van der Waals surface area contributed by atoms with Gasteiger partial charge in [0.15, 0.2) is 0 Å². The number of carbonyl (C=O) groups excluding carboxylic acids is 1. The fourth-order valence-electron chi connectivity index (χ4n) is 1.72. The van der Waals surface area contributed by atoms with E-state index >= 15 is 0 Å². The van der Waals surface area contributed by atoms with Crippen LogP contribution < -0.4 is 5.32 Å². The van der Waals surface area contributed by atoms with Gasteiger partial charge >= 0.3 is 0 Å². The van der Waals surface area contributed by atoms with E-state index in [2.05, 4.69) is 11.9 Å². The zero-order valence-electron chi connectivity index (χ0n) is 10.8. The van der Waals surface area contributed by atoms with Crippen LogP contribution in [0.1, 0.15) is 11.8 Å². The Labute approximate surface area is 117 Å². The second-order valence-corrected chi connectivity index (χ2v) is 5.97. The van der Waals surface area contributed by atoms with Crippen LogP contribution in [0.15, 0.2) is 24.8 Å². The molecule has 1 aromatic rings. The molecule has 0 aromatic carbocycles. The fraction of sp³-hybridized carbons (Fsp3) is 0.462. The second kappa shape index (κ2) is 7.56. The summed E-state index contributed by atoms with van der Waals surface area (Å²) in [6, 6.07) is 3.81. The number of nitrogens with one attached hydrogen (secondary N) is 1. The molecule has 0 radical (unpaired) electrons. The third kappa shape index (κ3) is 4.44. The second-order valence-electron chi connectivity index (χ2n) is 4.17. The minimum atomic E-state index is -0.0367. The van der Waals surface area contributed by atoms with Crippen molar-refractivity contribution in [3.8, 4) is 0 Å². The minimum absolute atomic E-state index is 0.0367. The van der Waals surface area contributed by atoms with Crippen molar-refractivity contribution in [3.05, 3.63) is 34.0 Å². The standard InChI is InChI=1S/C13H19ClN2OS/c1-4-7-16(13(17)10(2)8-15-3)9-11-5-6-12(14)18-11/h4-6,10,15H,1,7-9H2,2-3H3. The summed E-state index contributed by atoms with van der Waals surface area (Å²) in [6.07, 6.45) is 1.75. The van der Waals surface area contributed by atoms with Gasteiger partial charge in [-0.2, -0.15) is 0 Å². The average molecular weight is 287 g/mol. The molecular weight excluding hydrogens is 268 g/mol. The fourth-order valence-corrected chi connectivity index (χ4v) is 2.82. The van der Waals surface area contributed by atoms with Gasteiger partial charge in [-0.25, -0.2) is 0 Å². The lowest BCUT2D eigenvalue weighted by atomic mass is 10.1. The van der Waals surface area contributed by atoms with Crippen molar-refractivity contribution in [2.75, 3.05) is 20.1 Å². The number of thiophene rings is 1. The summed E-state index contributed by atoms with van der Waals surface area (Å²) in [4.78, 5) is 15.1. The van der Waals surface area contributed by atoms with E-state index in [1.54, 1.807) is 11.0 Å². The van der Waals surface area contributed by atoms with E-state index in [-0.39, 0.29) is 11.8 Å². The number of nitrogens with zero attached hydrogens (tertiary/aromatic N) is 1. The van der Waals surface area contributed by atoms with Gasteiger partial charge in [0.25, 0.3) is 0 Å². The molecular formula is C13H19ClN2OS. The number of halogens is 1. The Morgan fingerprint density at radius 3 is 2.89 bits per heavy atom. The molecule has 0 aliphatic carbocycles. The molecule has 0 aliphatic rings. The van der Waals surface area contributed by atoms with E-state index in [1.807, 2.05) is 26.1 Å². The van der Waals surface area contributed by atoms with Gasteiger partial charge in [-0.3, -0.25) is 4.79 Å². The molecule has 100 valence electrons. The highest BCUT2D eigenvalue weighted by atomic mass is 35.5. The summed E-state index contributed by atoms with van der Waals surface area (Å²) in [6.45, 7) is 7.46. The molecule has 1 heterocycles. The first-order valence-corrected chi connectivity index (χ1v) is 7.06. The predicted molar refractivity (Wildman–Crippen MR) is 78.0 cm³/mol. The maximum atomic E-state index is 12.2. The minimum Gasteiger partial charge on any atom is -0.334 e. The van der Waals surface area contributed by atoms with Gasteiger partial charge in [-0.05, 0) is 19.2 Å². The van der Waals surface area contributed by atoms with Crippen molar-refractivity contribution in [3.63, 3.8) is 0 Å². The average Bonchev–Trinajstić information content (AvgIpc) is 2.73. The number of hydrogen-bond acceptors (Lipinski definition) is 3. The third-order valence-corrected chi connectivity index (χ3v) is 3.78. The molecule has 5 heteroatoms. The Morgan fingerprint density at radius 1 is 1.67 bits per heavy atom. The van der Waals surface area contributed by atoms with E-state index in [9.17, 15) is 4.79 Å². The highest BCUT2D eigenvalue weighted by Gasteiger charge is 2.19. The van der Waals surface area contributed by atoms with E-state index < -0.39 is 0 Å². The molecule has 1 aromatic heterocycles. The molecule has 1 atom stereocenters. The van der Waals surface area contributed by atoms with E-state index in [0.29, 0.717) is 19.6 Å². The Hall–Kier alpha value is -0.840. The zero-order valence-corrected chi connectivity index (χ0v) is 12.4. The highest BCUT2D eigenvalue weighted by Crippen LogP contribution is 2.23. The summed E-state index contributed by atoms with van der Waals surface area (Å²) in [5, 5.41) is 3.02. The number of rotatable bonds is 7. The summed E-state index contributed by atoms with van der Waals surface area (Å²) in [5.74, 6) is 0.0964.